The molecule has 0 aliphatic carbocycles. The minimum Gasteiger partial charge on any atom is -0.508 e. The molecule has 39 heavy (non-hydrogen) atoms. The fraction of sp³-hybridized carbons (Fsp3) is 0.194. The van der Waals surface area contributed by atoms with Gasteiger partial charge in [-0.2, -0.15) is 0 Å². The number of carbonyl (C=O) groups is 2. The number of aliphatic hydroxyl groups excluding tert-OH is 1. The van der Waals surface area contributed by atoms with Crippen molar-refractivity contribution in [3.8, 4) is 16.3 Å². The summed E-state index contributed by atoms with van der Waals surface area (Å²) < 4.78 is 0. The summed E-state index contributed by atoms with van der Waals surface area (Å²) >= 11 is 1.23. The molecule has 6 rings (SSSR count). The summed E-state index contributed by atoms with van der Waals surface area (Å²) in [6, 6.07) is 22.7. The monoisotopic (exact) mass is 537 g/mol. The quantitative estimate of drug-likeness (QED) is 0.284. The van der Waals surface area contributed by atoms with Gasteiger partial charge in [-0.15, -0.1) is 11.3 Å². The number of aryl methyl sites for hydroxylation is 1. The molecule has 0 bridgehead atoms. The zero-order valence-electron chi connectivity index (χ0n) is 21.4. The van der Waals surface area contributed by atoms with Crippen molar-refractivity contribution < 1.29 is 19.8 Å². The standard InChI is InChI=1S/C31H27N3O4S/c1-19-29(39-30(32-19)20-8-3-2-4-9-20)27(36)25-26(21-10-7-11-24(35)18-21)34(31(38)28(25)37)23-14-12-22(13-15-23)33-16-5-6-17-33/h2-4,7-15,18,26,35,37H,5-6,16-17H2,1H3. The topological polar surface area (TPSA) is 94.0 Å². The third-order valence-electron chi connectivity index (χ3n) is 7.26. The van der Waals surface area contributed by atoms with Crippen molar-refractivity contribution in [1.29, 1.82) is 0 Å². The second-order valence-electron chi connectivity index (χ2n) is 9.77. The van der Waals surface area contributed by atoms with Gasteiger partial charge >= 0.3 is 0 Å². The van der Waals surface area contributed by atoms with E-state index in [0.717, 1.165) is 37.2 Å². The minimum absolute atomic E-state index is 0.00260. The molecule has 1 saturated heterocycles. The number of benzene rings is 3. The Bertz CT molecular complexity index is 1590. The number of carbonyl (C=O) groups excluding carboxylic acids is 2. The number of ketones is 1. The average molecular weight is 538 g/mol. The number of nitrogens with zero attached hydrogens (tertiary/aromatic N) is 3. The number of hydrogen-bond acceptors (Lipinski definition) is 7. The summed E-state index contributed by atoms with van der Waals surface area (Å²) in [5, 5.41) is 22.1. The highest BCUT2D eigenvalue weighted by atomic mass is 32.1. The van der Waals surface area contributed by atoms with E-state index in [0.29, 0.717) is 26.8 Å². The number of aromatic hydroxyl groups is 1. The second kappa shape index (κ2) is 10.0. The molecule has 2 aliphatic rings. The van der Waals surface area contributed by atoms with Crippen molar-refractivity contribution in [2.75, 3.05) is 22.9 Å². The first-order valence-corrected chi connectivity index (χ1v) is 13.7. The summed E-state index contributed by atoms with van der Waals surface area (Å²) in [5.74, 6) is -1.71. The summed E-state index contributed by atoms with van der Waals surface area (Å²) in [6.07, 6.45) is 2.30. The third kappa shape index (κ3) is 4.46. The smallest absolute Gasteiger partial charge is 0.294 e. The van der Waals surface area contributed by atoms with Crippen LogP contribution in [0.15, 0.2) is 90.2 Å². The maximum absolute atomic E-state index is 14.0. The van der Waals surface area contributed by atoms with Gasteiger partial charge in [-0.3, -0.25) is 14.5 Å². The van der Waals surface area contributed by atoms with E-state index in [9.17, 15) is 19.8 Å². The second-order valence-corrected chi connectivity index (χ2v) is 10.8. The Hall–Kier alpha value is -4.43. The van der Waals surface area contributed by atoms with E-state index in [1.807, 2.05) is 54.6 Å². The first kappa shape index (κ1) is 24.9. The van der Waals surface area contributed by atoms with Crippen LogP contribution in [0.25, 0.3) is 10.6 Å². The van der Waals surface area contributed by atoms with Crippen LogP contribution in [0.1, 0.15) is 39.8 Å². The van der Waals surface area contributed by atoms with Crippen LogP contribution in [-0.4, -0.2) is 40.0 Å². The Morgan fingerprint density at radius 2 is 1.62 bits per heavy atom. The molecule has 1 aromatic heterocycles. The van der Waals surface area contributed by atoms with Crippen molar-refractivity contribution >= 4 is 34.4 Å². The minimum atomic E-state index is -0.920. The fourth-order valence-corrected chi connectivity index (χ4v) is 6.37. The molecule has 1 atom stereocenters. The zero-order chi connectivity index (χ0) is 27.1. The summed E-state index contributed by atoms with van der Waals surface area (Å²) in [4.78, 5) is 36.3. The van der Waals surface area contributed by atoms with Crippen LogP contribution in [-0.2, 0) is 4.79 Å². The van der Waals surface area contributed by atoms with Gasteiger partial charge in [0.15, 0.2) is 5.76 Å². The maximum atomic E-state index is 14.0. The lowest BCUT2D eigenvalue weighted by Gasteiger charge is -2.27. The van der Waals surface area contributed by atoms with Gasteiger partial charge in [-0.25, -0.2) is 4.98 Å². The molecule has 8 heteroatoms. The molecule has 3 aromatic carbocycles. The van der Waals surface area contributed by atoms with Crippen molar-refractivity contribution in [3.05, 3.63) is 106 Å². The molecule has 0 saturated carbocycles. The van der Waals surface area contributed by atoms with Gasteiger partial charge in [-0.05, 0) is 61.7 Å². The number of phenols is 1. The van der Waals surface area contributed by atoms with Gasteiger partial charge in [0.2, 0.25) is 5.78 Å². The van der Waals surface area contributed by atoms with Gasteiger partial charge in [-0.1, -0.05) is 42.5 Å². The molecule has 0 radical (unpaired) electrons. The van der Waals surface area contributed by atoms with Crippen LogP contribution in [0, 0.1) is 6.92 Å². The number of anilines is 2. The molecule has 0 spiro atoms. The van der Waals surface area contributed by atoms with E-state index < -0.39 is 23.5 Å². The predicted molar refractivity (Wildman–Crippen MR) is 152 cm³/mol. The first-order chi connectivity index (χ1) is 18.9. The number of Topliss-reactive ketones (excluding diaryl/α,β-unsaturated/α-hetero) is 1. The number of amides is 1. The molecule has 196 valence electrons. The maximum Gasteiger partial charge on any atom is 0.294 e. The average Bonchev–Trinajstić information content (AvgIpc) is 3.68. The van der Waals surface area contributed by atoms with E-state index in [-0.39, 0.29) is 11.3 Å². The molecule has 1 amide bonds. The number of hydrogen-bond donors (Lipinski definition) is 2. The molecular formula is C31H27N3O4S. The summed E-state index contributed by atoms with van der Waals surface area (Å²) in [5.41, 5.74) is 3.52. The predicted octanol–water partition coefficient (Wildman–Crippen LogP) is 6.21. The number of thiazole rings is 1. The lowest BCUT2D eigenvalue weighted by Crippen LogP contribution is -2.31. The van der Waals surface area contributed by atoms with E-state index >= 15 is 0 Å². The molecule has 2 N–H and O–H groups in total. The Labute approximate surface area is 230 Å². The van der Waals surface area contributed by atoms with E-state index in [1.165, 1.54) is 28.4 Å². The largest absolute Gasteiger partial charge is 0.508 e. The summed E-state index contributed by atoms with van der Waals surface area (Å²) in [7, 11) is 0. The Morgan fingerprint density at radius 1 is 0.923 bits per heavy atom. The van der Waals surface area contributed by atoms with Gasteiger partial charge in [0.1, 0.15) is 10.8 Å². The highest BCUT2D eigenvalue weighted by Crippen LogP contribution is 2.44. The number of aromatic nitrogens is 1. The van der Waals surface area contributed by atoms with Crippen LogP contribution in [0.5, 0.6) is 5.75 Å². The molecule has 7 nitrogen and oxygen atoms in total. The highest BCUT2D eigenvalue weighted by Gasteiger charge is 2.45. The van der Waals surface area contributed by atoms with Crippen LogP contribution in [0.3, 0.4) is 0 Å². The van der Waals surface area contributed by atoms with Gasteiger partial charge in [0.05, 0.1) is 22.2 Å². The van der Waals surface area contributed by atoms with Crippen LogP contribution in [0.4, 0.5) is 11.4 Å². The fourth-order valence-electron chi connectivity index (χ4n) is 5.35. The number of phenolic OH excluding ortho intramolecular Hbond substituents is 1. The summed E-state index contributed by atoms with van der Waals surface area (Å²) in [6.45, 7) is 3.74. The van der Waals surface area contributed by atoms with Crippen molar-refractivity contribution in [1.82, 2.24) is 4.98 Å². The molecule has 1 fully saturated rings. The number of rotatable bonds is 6. The van der Waals surface area contributed by atoms with Crippen LogP contribution in [0.2, 0.25) is 0 Å². The zero-order valence-corrected chi connectivity index (χ0v) is 22.2. The van der Waals surface area contributed by atoms with Crippen LogP contribution >= 0.6 is 11.3 Å². The first-order valence-electron chi connectivity index (χ1n) is 12.9. The highest BCUT2D eigenvalue weighted by molar-refractivity contribution is 7.17. The Balaban J connectivity index is 1.42. The van der Waals surface area contributed by atoms with Gasteiger partial charge < -0.3 is 15.1 Å². The molecule has 1 unspecified atom stereocenters. The van der Waals surface area contributed by atoms with E-state index in [2.05, 4.69) is 9.88 Å². The van der Waals surface area contributed by atoms with E-state index in [4.69, 9.17) is 0 Å². The SMILES string of the molecule is Cc1nc(-c2ccccc2)sc1C(=O)C1=C(O)C(=O)N(c2ccc(N3CCCC3)cc2)C1c1cccc(O)c1. The Kier molecular flexibility index (Phi) is 6.40. The third-order valence-corrected chi connectivity index (χ3v) is 8.47. The van der Waals surface area contributed by atoms with Gasteiger partial charge in [0, 0.05) is 30.0 Å². The number of aliphatic hydroxyl groups is 1. The van der Waals surface area contributed by atoms with Gasteiger partial charge in [0.25, 0.3) is 5.91 Å². The van der Waals surface area contributed by atoms with Crippen molar-refractivity contribution in [2.45, 2.75) is 25.8 Å². The lowest BCUT2D eigenvalue weighted by molar-refractivity contribution is -0.117. The van der Waals surface area contributed by atoms with Crippen molar-refractivity contribution in [2.24, 2.45) is 0 Å². The molecule has 3 heterocycles. The lowest BCUT2D eigenvalue weighted by atomic mass is 9.94. The molecule has 2 aliphatic heterocycles. The van der Waals surface area contributed by atoms with Crippen LogP contribution < -0.4 is 9.80 Å². The molecule has 4 aromatic rings. The molecular weight excluding hydrogens is 510 g/mol. The van der Waals surface area contributed by atoms with E-state index in [1.54, 1.807) is 19.1 Å². The van der Waals surface area contributed by atoms with Crippen molar-refractivity contribution in [3.63, 3.8) is 0 Å². The Morgan fingerprint density at radius 3 is 2.31 bits per heavy atom. The normalized spacial score (nSPS) is 17.4.